The second kappa shape index (κ2) is 9.93. The molecule has 0 atom stereocenters. The molecule has 176 valence electrons. The highest BCUT2D eigenvalue weighted by molar-refractivity contribution is 7.98. The Balaban J connectivity index is 1.54. The van der Waals surface area contributed by atoms with E-state index >= 15 is 0 Å². The predicted molar refractivity (Wildman–Crippen MR) is 139 cm³/mol. The Morgan fingerprint density at radius 3 is 2.51 bits per heavy atom. The minimum absolute atomic E-state index is 0.0700. The van der Waals surface area contributed by atoms with Gasteiger partial charge in [0.25, 0.3) is 5.56 Å². The number of carbonyl (C=O) groups excluding carboxylic acids is 1. The van der Waals surface area contributed by atoms with Crippen molar-refractivity contribution in [3.8, 4) is 10.4 Å². The molecule has 0 saturated heterocycles. The highest BCUT2D eigenvalue weighted by Crippen LogP contribution is 2.33. The molecule has 0 bridgehead atoms. The van der Waals surface area contributed by atoms with E-state index in [9.17, 15) is 9.59 Å². The van der Waals surface area contributed by atoms with E-state index in [1.165, 1.54) is 30.2 Å². The smallest absolute Gasteiger partial charge is 0.341 e. The number of benzene rings is 2. The molecule has 0 radical (unpaired) electrons. The minimum Gasteiger partial charge on any atom is -0.465 e. The molecule has 0 amide bonds. The maximum absolute atomic E-state index is 13.6. The number of ether oxygens (including phenoxy) is 1. The number of esters is 1. The van der Waals surface area contributed by atoms with Crippen molar-refractivity contribution >= 4 is 39.3 Å². The maximum atomic E-state index is 13.6. The number of thiophene rings is 1. The number of aryl methyl sites for hydroxylation is 1. The zero-order chi connectivity index (χ0) is 24.4. The summed E-state index contributed by atoms with van der Waals surface area (Å²) >= 11 is 2.87. The third kappa shape index (κ3) is 4.80. The van der Waals surface area contributed by atoms with Crippen molar-refractivity contribution in [2.24, 2.45) is 0 Å². The Labute approximate surface area is 210 Å². The summed E-state index contributed by atoms with van der Waals surface area (Å²) in [6, 6.07) is 23.5. The van der Waals surface area contributed by atoms with E-state index in [0.29, 0.717) is 44.8 Å². The quantitative estimate of drug-likeness (QED) is 0.151. The summed E-state index contributed by atoms with van der Waals surface area (Å²) in [5, 5.41) is 0.595. The van der Waals surface area contributed by atoms with E-state index in [-0.39, 0.29) is 5.56 Å². The molecule has 0 spiro atoms. The van der Waals surface area contributed by atoms with Crippen LogP contribution in [0, 0.1) is 6.92 Å². The molecule has 0 saturated carbocycles. The normalized spacial score (nSPS) is 11.1. The number of hydrogen-bond donors (Lipinski definition) is 0. The Hall–Kier alpha value is -3.62. The van der Waals surface area contributed by atoms with Crippen LogP contribution < -0.4 is 5.56 Å². The van der Waals surface area contributed by atoms with Gasteiger partial charge in [-0.1, -0.05) is 72.4 Å². The monoisotopic (exact) mass is 502 g/mol. The van der Waals surface area contributed by atoms with Crippen LogP contribution in [0.2, 0.25) is 0 Å². The van der Waals surface area contributed by atoms with Crippen LogP contribution in [0.15, 0.2) is 87.2 Å². The fourth-order valence-electron chi connectivity index (χ4n) is 3.81. The van der Waals surface area contributed by atoms with Gasteiger partial charge in [0.05, 0.1) is 24.9 Å². The molecule has 0 N–H and O–H groups in total. The first kappa shape index (κ1) is 23.1. The number of hydrogen-bond acceptors (Lipinski definition) is 7. The van der Waals surface area contributed by atoms with Gasteiger partial charge in [0, 0.05) is 4.88 Å². The first-order chi connectivity index (χ1) is 17.0. The zero-order valence-electron chi connectivity index (χ0n) is 19.2. The lowest BCUT2D eigenvalue weighted by Crippen LogP contribution is -2.23. The number of thioether (sulfide) groups is 1. The van der Waals surface area contributed by atoms with Crippen molar-refractivity contribution in [3.05, 3.63) is 106 Å². The molecule has 2 aromatic carbocycles. The molecule has 3 aromatic heterocycles. The molecular weight excluding hydrogens is 480 g/mol. The topological polar surface area (TPSA) is 74.3 Å². The standard InChI is InChI=1S/C27H22N2O4S2/c1-17-21(26(31)32-2)13-20(33-17)16-34-27-28-22-14-23(19-11-7-4-8-12-19)35-24(22)25(30)29(27)15-18-9-5-3-6-10-18/h3-14H,15-16H2,1-2H3. The van der Waals surface area contributed by atoms with Crippen molar-refractivity contribution in [3.63, 3.8) is 0 Å². The van der Waals surface area contributed by atoms with Gasteiger partial charge < -0.3 is 9.15 Å². The molecule has 35 heavy (non-hydrogen) atoms. The summed E-state index contributed by atoms with van der Waals surface area (Å²) in [5.74, 6) is 1.10. The third-order valence-electron chi connectivity index (χ3n) is 5.56. The van der Waals surface area contributed by atoms with Crippen LogP contribution in [0.1, 0.15) is 27.4 Å². The molecule has 0 aliphatic rings. The highest BCUT2D eigenvalue weighted by Gasteiger charge is 2.19. The van der Waals surface area contributed by atoms with Crippen molar-refractivity contribution in [2.75, 3.05) is 7.11 Å². The summed E-state index contributed by atoms with van der Waals surface area (Å²) in [4.78, 5) is 31.5. The molecule has 5 aromatic rings. The van der Waals surface area contributed by atoms with Crippen molar-refractivity contribution < 1.29 is 13.9 Å². The summed E-state index contributed by atoms with van der Waals surface area (Å²) in [6.45, 7) is 2.14. The molecule has 0 unspecified atom stereocenters. The van der Waals surface area contributed by atoms with Crippen LogP contribution in [0.5, 0.6) is 0 Å². The van der Waals surface area contributed by atoms with E-state index in [4.69, 9.17) is 14.1 Å². The first-order valence-corrected chi connectivity index (χ1v) is 12.8. The molecule has 3 heterocycles. The predicted octanol–water partition coefficient (Wildman–Crippen LogP) is 6.15. The van der Waals surface area contributed by atoms with E-state index in [0.717, 1.165) is 16.0 Å². The largest absolute Gasteiger partial charge is 0.465 e. The van der Waals surface area contributed by atoms with Crippen LogP contribution in [0.25, 0.3) is 20.7 Å². The lowest BCUT2D eigenvalue weighted by Gasteiger charge is -2.11. The van der Waals surface area contributed by atoms with Crippen molar-refractivity contribution in [2.45, 2.75) is 24.4 Å². The molecule has 8 heteroatoms. The second-order valence-electron chi connectivity index (χ2n) is 7.93. The second-order valence-corrected chi connectivity index (χ2v) is 9.92. The number of carbonyl (C=O) groups is 1. The highest BCUT2D eigenvalue weighted by atomic mass is 32.2. The third-order valence-corrected chi connectivity index (χ3v) is 7.72. The summed E-state index contributed by atoms with van der Waals surface area (Å²) in [7, 11) is 1.34. The Morgan fingerprint density at radius 1 is 1.09 bits per heavy atom. The van der Waals surface area contributed by atoms with Gasteiger partial charge in [-0.05, 0) is 30.2 Å². The van der Waals surface area contributed by atoms with Crippen molar-refractivity contribution in [1.29, 1.82) is 0 Å². The zero-order valence-corrected chi connectivity index (χ0v) is 20.8. The fourth-order valence-corrected chi connectivity index (χ4v) is 5.74. The number of fused-ring (bicyclic) bond motifs is 1. The Kier molecular flexibility index (Phi) is 6.57. The molecule has 0 aliphatic heterocycles. The fraction of sp³-hybridized carbons (Fsp3) is 0.148. The molecule has 5 rings (SSSR count). The average molecular weight is 503 g/mol. The van der Waals surface area contributed by atoms with Crippen LogP contribution in [-0.2, 0) is 17.0 Å². The number of aromatic nitrogens is 2. The summed E-state index contributed by atoms with van der Waals surface area (Å²) < 4.78 is 12.9. The Bertz CT molecular complexity index is 1550. The van der Waals surface area contributed by atoms with Gasteiger partial charge in [-0.2, -0.15) is 0 Å². The molecule has 0 fully saturated rings. The molecule has 0 aliphatic carbocycles. The van der Waals surface area contributed by atoms with Crippen LogP contribution in [0.4, 0.5) is 0 Å². The summed E-state index contributed by atoms with van der Waals surface area (Å²) in [5.41, 5.74) is 3.08. The van der Waals surface area contributed by atoms with E-state index < -0.39 is 5.97 Å². The van der Waals surface area contributed by atoms with Gasteiger partial charge in [-0.25, -0.2) is 9.78 Å². The van der Waals surface area contributed by atoms with Gasteiger partial charge in [0.15, 0.2) is 5.16 Å². The number of furan rings is 1. The SMILES string of the molecule is COC(=O)c1cc(CSc2nc3cc(-c4ccccc4)sc3c(=O)n2Cc2ccccc2)oc1C. The van der Waals surface area contributed by atoms with E-state index in [1.807, 2.05) is 66.7 Å². The average Bonchev–Trinajstić information content (AvgIpc) is 3.49. The van der Waals surface area contributed by atoms with Gasteiger partial charge in [-0.15, -0.1) is 11.3 Å². The number of rotatable bonds is 7. The van der Waals surface area contributed by atoms with Gasteiger partial charge >= 0.3 is 5.97 Å². The maximum Gasteiger partial charge on any atom is 0.341 e. The lowest BCUT2D eigenvalue weighted by molar-refractivity contribution is 0.0599. The number of nitrogens with zero attached hydrogens (tertiary/aromatic N) is 2. The Morgan fingerprint density at radius 2 is 1.80 bits per heavy atom. The van der Waals surface area contributed by atoms with Crippen LogP contribution >= 0.6 is 23.1 Å². The molecular formula is C27H22N2O4S2. The van der Waals surface area contributed by atoms with Gasteiger partial charge in [0.2, 0.25) is 0 Å². The number of methoxy groups -OCH3 is 1. The first-order valence-electron chi connectivity index (χ1n) is 11.0. The minimum atomic E-state index is -0.435. The van der Waals surface area contributed by atoms with E-state index in [2.05, 4.69) is 0 Å². The van der Waals surface area contributed by atoms with Crippen LogP contribution in [-0.4, -0.2) is 22.6 Å². The van der Waals surface area contributed by atoms with Gasteiger partial charge in [0.1, 0.15) is 21.8 Å². The lowest BCUT2D eigenvalue weighted by atomic mass is 10.2. The van der Waals surface area contributed by atoms with Gasteiger partial charge in [-0.3, -0.25) is 9.36 Å². The molecule has 6 nitrogen and oxygen atoms in total. The summed E-state index contributed by atoms with van der Waals surface area (Å²) in [6.07, 6.45) is 0. The van der Waals surface area contributed by atoms with Crippen molar-refractivity contribution in [1.82, 2.24) is 9.55 Å². The van der Waals surface area contributed by atoms with Crippen LogP contribution in [0.3, 0.4) is 0 Å². The van der Waals surface area contributed by atoms with E-state index in [1.54, 1.807) is 17.6 Å².